The van der Waals surface area contributed by atoms with Crippen LogP contribution in [0.4, 0.5) is 0 Å². The van der Waals surface area contributed by atoms with E-state index in [0.29, 0.717) is 0 Å². The van der Waals surface area contributed by atoms with Crippen molar-refractivity contribution in [3.8, 4) is 0 Å². The monoisotopic (exact) mass is 201 g/mol. The maximum Gasteiger partial charge on any atom is 0.248 e. The SMILES string of the molecule is CCCCc1ccc2[nH]c(=O)ccc2c1. The molecule has 0 aliphatic heterocycles. The number of aromatic nitrogens is 1. The molecule has 1 N–H and O–H groups in total. The van der Waals surface area contributed by atoms with E-state index in [9.17, 15) is 4.79 Å². The number of fused-ring (bicyclic) bond motifs is 1. The van der Waals surface area contributed by atoms with E-state index in [-0.39, 0.29) is 5.56 Å². The second kappa shape index (κ2) is 4.30. The normalized spacial score (nSPS) is 10.7. The van der Waals surface area contributed by atoms with Crippen molar-refractivity contribution in [2.24, 2.45) is 0 Å². The maximum atomic E-state index is 11.1. The highest BCUT2D eigenvalue weighted by Gasteiger charge is 1.96. The fourth-order valence-corrected chi connectivity index (χ4v) is 1.74. The van der Waals surface area contributed by atoms with Gasteiger partial charge in [0.2, 0.25) is 5.56 Å². The summed E-state index contributed by atoms with van der Waals surface area (Å²) in [7, 11) is 0. The van der Waals surface area contributed by atoms with E-state index in [1.54, 1.807) is 6.07 Å². The first-order chi connectivity index (χ1) is 7.29. The highest BCUT2D eigenvalue weighted by molar-refractivity contribution is 5.78. The summed E-state index contributed by atoms with van der Waals surface area (Å²) in [6, 6.07) is 9.69. The zero-order valence-electron chi connectivity index (χ0n) is 8.92. The number of aryl methyl sites for hydroxylation is 1. The Morgan fingerprint density at radius 1 is 1.20 bits per heavy atom. The van der Waals surface area contributed by atoms with Gasteiger partial charge in [-0.1, -0.05) is 19.4 Å². The van der Waals surface area contributed by atoms with Gasteiger partial charge in [-0.25, -0.2) is 0 Å². The van der Waals surface area contributed by atoms with Crippen molar-refractivity contribution in [1.82, 2.24) is 4.98 Å². The summed E-state index contributed by atoms with van der Waals surface area (Å²) in [5, 5.41) is 1.11. The van der Waals surface area contributed by atoms with Crippen LogP contribution >= 0.6 is 0 Å². The van der Waals surface area contributed by atoms with E-state index in [4.69, 9.17) is 0 Å². The van der Waals surface area contributed by atoms with Crippen molar-refractivity contribution in [2.75, 3.05) is 0 Å². The first-order valence-electron chi connectivity index (χ1n) is 5.41. The highest BCUT2D eigenvalue weighted by atomic mass is 16.1. The zero-order valence-corrected chi connectivity index (χ0v) is 8.92. The van der Waals surface area contributed by atoms with Gasteiger partial charge in [-0.15, -0.1) is 0 Å². The molecule has 0 bridgehead atoms. The Bertz CT molecular complexity index is 513. The molecule has 15 heavy (non-hydrogen) atoms. The van der Waals surface area contributed by atoms with Gasteiger partial charge in [0, 0.05) is 11.6 Å². The Labute approximate surface area is 89.0 Å². The van der Waals surface area contributed by atoms with E-state index in [1.807, 2.05) is 12.1 Å². The van der Waals surface area contributed by atoms with Crippen molar-refractivity contribution in [3.05, 3.63) is 46.2 Å². The molecule has 78 valence electrons. The molecule has 2 rings (SSSR count). The summed E-state index contributed by atoms with van der Waals surface area (Å²) in [5.41, 5.74) is 2.22. The highest BCUT2D eigenvalue weighted by Crippen LogP contribution is 2.13. The molecule has 0 amide bonds. The van der Waals surface area contributed by atoms with E-state index in [2.05, 4.69) is 24.0 Å². The molecular formula is C13H15NO. The van der Waals surface area contributed by atoms with Crippen molar-refractivity contribution < 1.29 is 0 Å². The summed E-state index contributed by atoms with van der Waals surface area (Å²) in [6.45, 7) is 2.19. The first-order valence-corrected chi connectivity index (χ1v) is 5.41. The number of aromatic amines is 1. The Morgan fingerprint density at radius 3 is 2.87 bits per heavy atom. The van der Waals surface area contributed by atoms with Crippen LogP contribution in [-0.4, -0.2) is 4.98 Å². The summed E-state index contributed by atoms with van der Waals surface area (Å²) in [6.07, 6.45) is 3.55. The minimum Gasteiger partial charge on any atom is -0.322 e. The number of hydrogen-bond donors (Lipinski definition) is 1. The number of benzene rings is 1. The summed E-state index contributed by atoms with van der Waals surface area (Å²) in [4.78, 5) is 13.9. The predicted molar refractivity (Wildman–Crippen MR) is 63.2 cm³/mol. The van der Waals surface area contributed by atoms with Gasteiger partial charge in [-0.3, -0.25) is 4.79 Å². The van der Waals surface area contributed by atoms with Crippen LogP contribution in [0.5, 0.6) is 0 Å². The zero-order chi connectivity index (χ0) is 10.7. The van der Waals surface area contributed by atoms with Crippen LogP contribution in [0.25, 0.3) is 10.9 Å². The lowest BCUT2D eigenvalue weighted by molar-refractivity contribution is 0.796. The lowest BCUT2D eigenvalue weighted by Crippen LogP contribution is -2.02. The lowest BCUT2D eigenvalue weighted by atomic mass is 10.1. The molecule has 0 saturated carbocycles. The third-order valence-electron chi connectivity index (χ3n) is 2.61. The van der Waals surface area contributed by atoms with Crippen molar-refractivity contribution in [3.63, 3.8) is 0 Å². The van der Waals surface area contributed by atoms with Crippen LogP contribution in [0.1, 0.15) is 25.3 Å². The molecule has 2 nitrogen and oxygen atoms in total. The van der Waals surface area contributed by atoms with Gasteiger partial charge >= 0.3 is 0 Å². The van der Waals surface area contributed by atoms with Crippen LogP contribution in [0.2, 0.25) is 0 Å². The minimum atomic E-state index is -0.0381. The number of H-pyrrole nitrogens is 1. The fraction of sp³-hybridized carbons (Fsp3) is 0.308. The van der Waals surface area contributed by atoms with Crippen LogP contribution in [0.15, 0.2) is 35.1 Å². The van der Waals surface area contributed by atoms with Gasteiger partial charge in [-0.2, -0.15) is 0 Å². The first kappa shape index (κ1) is 9.97. The Balaban J connectivity index is 2.39. The molecule has 1 aromatic heterocycles. The molecule has 0 fully saturated rings. The van der Waals surface area contributed by atoms with Gasteiger partial charge < -0.3 is 4.98 Å². The average molecular weight is 201 g/mol. The number of nitrogens with one attached hydrogen (secondary N) is 1. The standard InChI is InChI=1S/C13H15NO/c1-2-3-4-10-5-7-12-11(9-10)6-8-13(15)14-12/h5-9H,2-4H2,1H3,(H,14,15). The Hall–Kier alpha value is -1.57. The number of unbranched alkanes of at least 4 members (excludes halogenated alkanes) is 1. The number of hydrogen-bond acceptors (Lipinski definition) is 1. The molecule has 1 heterocycles. The lowest BCUT2D eigenvalue weighted by Gasteiger charge is -2.02. The number of rotatable bonds is 3. The summed E-state index contributed by atoms with van der Waals surface area (Å²) in [5.74, 6) is 0. The predicted octanol–water partition coefficient (Wildman–Crippen LogP) is 2.87. The topological polar surface area (TPSA) is 32.9 Å². The largest absolute Gasteiger partial charge is 0.322 e. The van der Waals surface area contributed by atoms with Gasteiger partial charge in [-0.05, 0) is 42.0 Å². The van der Waals surface area contributed by atoms with Gasteiger partial charge in [0.25, 0.3) is 0 Å². The van der Waals surface area contributed by atoms with Crippen LogP contribution in [0, 0.1) is 0 Å². The Kier molecular flexibility index (Phi) is 2.86. The minimum absolute atomic E-state index is 0.0381. The molecule has 0 atom stereocenters. The summed E-state index contributed by atoms with van der Waals surface area (Å²) < 4.78 is 0. The maximum absolute atomic E-state index is 11.1. The van der Waals surface area contributed by atoms with Gasteiger partial charge in [0.15, 0.2) is 0 Å². The van der Waals surface area contributed by atoms with Crippen molar-refractivity contribution in [1.29, 1.82) is 0 Å². The molecule has 0 aliphatic rings. The Morgan fingerprint density at radius 2 is 2.07 bits per heavy atom. The molecule has 0 unspecified atom stereocenters. The average Bonchev–Trinajstić information content (AvgIpc) is 2.26. The van der Waals surface area contributed by atoms with Crippen molar-refractivity contribution in [2.45, 2.75) is 26.2 Å². The molecule has 2 heteroatoms. The van der Waals surface area contributed by atoms with Gasteiger partial charge in [0.1, 0.15) is 0 Å². The fourth-order valence-electron chi connectivity index (χ4n) is 1.74. The molecule has 0 spiro atoms. The van der Waals surface area contributed by atoms with E-state index < -0.39 is 0 Å². The summed E-state index contributed by atoms with van der Waals surface area (Å²) >= 11 is 0. The molecular weight excluding hydrogens is 186 g/mol. The second-order valence-electron chi connectivity index (χ2n) is 3.85. The third-order valence-corrected chi connectivity index (χ3v) is 2.61. The van der Waals surface area contributed by atoms with Crippen LogP contribution in [0.3, 0.4) is 0 Å². The van der Waals surface area contributed by atoms with E-state index in [0.717, 1.165) is 17.3 Å². The second-order valence-corrected chi connectivity index (χ2v) is 3.85. The van der Waals surface area contributed by atoms with E-state index in [1.165, 1.54) is 18.4 Å². The smallest absolute Gasteiger partial charge is 0.248 e. The quantitative estimate of drug-likeness (QED) is 0.813. The van der Waals surface area contributed by atoms with Crippen molar-refractivity contribution >= 4 is 10.9 Å². The van der Waals surface area contributed by atoms with E-state index >= 15 is 0 Å². The van der Waals surface area contributed by atoms with Crippen LogP contribution in [-0.2, 0) is 6.42 Å². The molecule has 0 radical (unpaired) electrons. The molecule has 2 aromatic rings. The molecule has 1 aromatic carbocycles. The van der Waals surface area contributed by atoms with Crippen LogP contribution < -0.4 is 5.56 Å². The van der Waals surface area contributed by atoms with Gasteiger partial charge in [0.05, 0.1) is 0 Å². The number of pyridine rings is 1. The third kappa shape index (κ3) is 2.27. The molecule has 0 saturated heterocycles. The molecule has 0 aliphatic carbocycles.